The molecular formula is C12H20N2O. The van der Waals surface area contributed by atoms with Crippen LogP contribution in [0.4, 0.5) is 0 Å². The van der Waals surface area contributed by atoms with Crippen molar-refractivity contribution in [1.82, 2.24) is 10.2 Å². The van der Waals surface area contributed by atoms with Gasteiger partial charge in [0, 0.05) is 25.2 Å². The molecule has 1 N–H and O–H groups in total. The van der Waals surface area contributed by atoms with Crippen LogP contribution in [0.15, 0.2) is 0 Å². The predicted molar refractivity (Wildman–Crippen MR) is 58.3 cm³/mol. The SMILES string of the molecule is CC(C)CN1CC2CC3CC1C2C(=O)N3. The first-order valence-corrected chi connectivity index (χ1v) is 6.19. The van der Waals surface area contributed by atoms with Crippen molar-refractivity contribution in [2.24, 2.45) is 17.8 Å². The van der Waals surface area contributed by atoms with Gasteiger partial charge in [-0.2, -0.15) is 0 Å². The highest BCUT2D eigenvalue weighted by Crippen LogP contribution is 2.44. The fourth-order valence-electron chi connectivity index (χ4n) is 3.84. The van der Waals surface area contributed by atoms with E-state index in [0.717, 1.165) is 13.1 Å². The first-order chi connectivity index (χ1) is 7.15. The number of hydrogen-bond acceptors (Lipinski definition) is 2. The minimum absolute atomic E-state index is 0.314. The van der Waals surface area contributed by atoms with Crippen molar-refractivity contribution in [3.8, 4) is 0 Å². The van der Waals surface area contributed by atoms with Crippen molar-refractivity contribution < 1.29 is 4.79 Å². The number of nitrogens with zero attached hydrogens (tertiary/aromatic N) is 1. The van der Waals surface area contributed by atoms with Gasteiger partial charge >= 0.3 is 0 Å². The van der Waals surface area contributed by atoms with E-state index in [4.69, 9.17) is 0 Å². The number of hydrogen-bond donors (Lipinski definition) is 1. The topological polar surface area (TPSA) is 32.3 Å². The predicted octanol–water partition coefficient (Wildman–Crippen LogP) is 0.851. The summed E-state index contributed by atoms with van der Waals surface area (Å²) < 4.78 is 0. The van der Waals surface area contributed by atoms with Crippen molar-refractivity contribution in [3.63, 3.8) is 0 Å². The van der Waals surface area contributed by atoms with Gasteiger partial charge in [-0.25, -0.2) is 0 Å². The molecule has 3 aliphatic heterocycles. The van der Waals surface area contributed by atoms with E-state index < -0.39 is 0 Å². The van der Waals surface area contributed by atoms with Crippen LogP contribution in [0.25, 0.3) is 0 Å². The van der Waals surface area contributed by atoms with Crippen LogP contribution in [0.2, 0.25) is 0 Å². The summed E-state index contributed by atoms with van der Waals surface area (Å²) in [6.07, 6.45) is 2.42. The highest BCUT2D eigenvalue weighted by Gasteiger charge is 2.54. The molecule has 4 aliphatic rings. The van der Waals surface area contributed by atoms with Gasteiger partial charge in [0.15, 0.2) is 0 Å². The summed E-state index contributed by atoms with van der Waals surface area (Å²) in [4.78, 5) is 14.4. The van der Waals surface area contributed by atoms with Gasteiger partial charge in [0.2, 0.25) is 5.91 Å². The standard InChI is InChI=1S/C12H20N2O/c1-7(2)5-14-6-8-3-9-4-10(14)11(8)12(15)13-9/h7-11H,3-6H2,1-2H3,(H,13,15). The van der Waals surface area contributed by atoms with Crippen LogP contribution >= 0.6 is 0 Å². The summed E-state index contributed by atoms with van der Waals surface area (Å²) in [5.74, 6) is 2.01. The maximum Gasteiger partial charge on any atom is 0.225 e. The Kier molecular flexibility index (Phi) is 2.06. The Hall–Kier alpha value is -0.570. The highest BCUT2D eigenvalue weighted by atomic mass is 16.2. The van der Waals surface area contributed by atoms with Gasteiger partial charge in [-0.15, -0.1) is 0 Å². The van der Waals surface area contributed by atoms with Crippen molar-refractivity contribution in [1.29, 1.82) is 0 Å². The van der Waals surface area contributed by atoms with Crippen molar-refractivity contribution in [2.45, 2.75) is 38.8 Å². The van der Waals surface area contributed by atoms with E-state index in [9.17, 15) is 4.79 Å². The van der Waals surface area contributed by atoms with Crippen LogP contribution in [0, 0.1) is 17.8 Å². The minimum atomic E-state index is 0.314. The van der Waals surface area contributed by atoms with Crippen LogP contribution in [0.5, 0.6) is 0 Å². The lowest BCUT2D eigenvalue weighted by molar-refractivity contribution is -0.133. The second kappa shape index (κ2) is 3.21. The van der Waals surface area contributed by atoms with Crippen LogP contribution < -0.4 is 5.32 Å². The third-order valence-corrected chi connectivity index (χ3v) is 4.22. The molecule has 0 spiro atoms. The van der Waals surface area contributed by atoms with Crippen LogP contribution in [0.1, 0.15) is 26.7 Å². The van der Waals surface area contributed by atoms with Crippen molar-refractivity contribution >= 4 is 5.91 Å². The van der Waals surface area contributed by atoms with E-state index in [-0.39, 0.29) is 0 Å². The van der Waals surface area contributed by atoms with E-state index in [2.05, 4.69) is 24.1 Å². The molecule has 1 aliphatic carbocycles. The zero-order valence-corrected chi connectivity index (χ0v) is 9.57. The first kappa shape index (κ1) is 9.64. The fourth-order valence-corrected chi connectivity index (χ4v) is 3.84. The second-order valence-electron chi connectivity index (χ2n) is 5.88. The Morgan fingerprint density at radius 3 is 2.87 bits per heavy atom. The molecule has 1 amide bonds. The number of fused-ring (bicyclic) bond motifs is 1. The van der Waals surface area contributed by atoms with Gasteiger partial charge in [0.1, 0.15) is 0 Å². The van der Waals surface area contributed by atoms with E-state index in [1.54, 1.807) is 0 Å². The molecule has 0 radical (unpaired) electrons. The molecule has 0 aromatic heterocycles. The largest absolute Gasteiger partial charge is 0.353 e. The summed E-state index contributed by atoms with van der Waals surface area (Å²) in [7, 11) is 0. The lowest BCUT2D eigenvalue weighted by atomic mass is 9.73. The van der Waals surface area contributed by atoms with Gasteiger partial charge in [0.05, 0.1) is 5.92 Å². The molecule has 1 saturated carbocycles. The lowest BCUT2D eigenvalue weighted by Gasteiger charge is -2.42. The molecule has 84 valence electrons. The van der Waals surface area contributed by atoms with Gasteiger partial charge in [-0.05, 0) is 24.7 Å². The van der Waals surface area contributed by atoms with Crippen molar-refractivity contribution in [3.05, 3.63) is 0 Å². The Morgan fingerprint density at radius 1 is 1.47 bits per heavy atom. The zero-order valence-electron chi connectivity index (χ0n) is 9.57. The Bertz CT molecular complexity index is 289. The third-order valence-electron chi connectivity index (χ3n) is 4.22. The average Bonchev–Trinajstić information content (AvgIpc) is 2.38. The third kappa shape index (κ3) is 1.40. The number of carbonyl (C=O) groups is 1. The molecule has 4 atom stereocenters. The van der Waals surface area contributed by atoms with Gasteiger partial charge in [0.25, 0.3) is 0 Å². The first-order valence-electron chi connectivity index (χ1n) is 6.19. The van der Waals surface area contributed by atoms with Crippen LogP contribution in [-0.2, 0) is 4.79 Å². The summed E-state index contributed by atoms with van der Waals surface area (Å²) in [5.41, 5.74) is 0. The average molecular weight is 208 g/mol. The molecule has 3 heterocycles. The van der Waals surface area contributed by atoms with Crippen LogP contribution in [0.3, 0.4) is 0 Å². The molecule has 3 nitrogen and oxygen atoms in total. The number of carbonyl (C=O) groups excluding carboxylic acids is 1. The van der Waals surface area contributed by atoms with E-state index in [0.29, 0.717) is 35.7 Å². The highest BCUT2D eigenvalue weighted by molar-refractivity contribution is 5.82. The quantitative estimate of drug-likeness (QED) is 0.729. The Labute approximate surface area is 91.2 Å². The maximum absolute atomic E-state index is 11.8. The smallest absolute Gasteiger partial charge is 0.225 e. The lowest BCUT2D eigenvalue weighted by Crippen LogP contribution is -2.58. The normalized spacial score (nSPS) is 43.8. The van der Waals surface area contributed by atoms with E-state index in [1.807, 2.05) is 0 Å². The summed E-state index contributed by atoms with van der Waals surface area (Å²) in [5, 5.41) is 3.12. The Morgan fingerprint density at radius 2 is 2.27 bits per heavy atom. The maximum atomic E-state index is 11.8. The molecule has 4 rings (SSSR count). The number of amides is 1. The number of likely N-dealkylation sites (tertiary alicyclic amines) is 1. The monoisotopic (exact) mass is 208 g/mol. The summed E-state index contributed by atoms with van der Waals surface area (Å²) in [6, 6.07) is 1.04. The molecule has 0 aromatic carbocycles. The Balaban J connectivity index is 1.80. The fraction of sp³-hybridized carbons (Fsp3) is 0.917. The van der Waals surface area contributed by atoms with Gasteiger partial charge < -0.3 is 5.32 Å². The van der Waals surface area contributed by atoms with E-state index in [1.165, 1.54) is 12.8 Å². The molecule has 3 saturated heterocycles. The second-order valence-corrected chi connectivity index (χ2v) is 5.88. The van der Waals surface area contributed by atoms with Gasteiger partial charge in [-0.3, -0.25) is 9.69 Å². The van der Waals surface area contributed by atoms with Crippen molar-refractivity contribution in [2.75, 3.05) is 13.1 Å². The number of rotatable bonds is 2. The van der Waals surface area contributed by atoms with Gasteiger partial charge in [-0.1, -0.05) is 13.8 Å². The molecule has 4 fully saturated rings. The van der Waals surface area contributed by atoms with E-state index >= 15 is 0 Å². The zero-order chi connectivity index (χ0) is 10.6. The molecule has 0 aromatic rings. The summed E-state index contributed by atoms with van der Waals surface area (Å²) in [6.45, 7) is 6.86. The molecule has 15 heavy (non-hydrogen) atoms. The number of nitrogens with one attached hydrogen (secondary N) is 1. The number of piperidine rings is 2. The molecule has 3 heteroatoms. The molecular weight excluding hydrogens is 188 g/mol. The molecule has 4 bridgehead atoms. The minimum Gasteiger partial charge on any atom is -0.353 e. The molecule has 4 unspecified atom stereocenters. The summed E-state index contributed by atoms with van der Waals surface area (Å²) >= 11 is 0. The van der Waals surface area contributed by atoms with Crippen LogP contribution in [-0.4, -0.2) is 36.0 Å².